The largest absolute Gasteiger partial charge is 0.368 e. The van der Waals surface area contributed by atoms with Crippen molar-refractivity contribution in [3.8, 4) is 0 Å². The molecule has 0 spiro atoms. The van der Waals surface area contributed by atoms with E-state index in [9.17, 15) is 14.4 Å². The molecule has 2 aliphatic heterocycles. The molecule has 4 rings (SSSR count). The molecule has 35 heavy (non-hydrogen) atoms. The lowest BCUT2D eigenvalue weighted by Gasteiger charge is -2.38. The van der Waals surface area contributed by atoms with Gasteiger partial charge >= 0.3 is 6.03 Å². The molecule has 0 saturated carbocycles. The number of anilines is 2. The number of benzene rings is 2. The van der Waals surface area contributed by atoms with E-state index in [-0.39, 0.29) is 11.9 Å². The zero-order valence-electron chi connectivity index (χ0n) is 20.5. The Labute approximate surface area is 206 Å². The smallest absolute Gasteiger partial charge is 0.319 e. The Bertz CT molecular complexity index is 1100. The number of hydrogen-bond donors (Lipinski definition) is 2. The first-order chi connectivity index (χ1) is 16.8. The van der Waals surface area contributed by atoms with Crippen molar-refractivity contribution in [3.05, 3.63) is 59.2 Å². The lowest BCUT2D eigenvalue weighted by molar-refractivity contribution is 0.0952. The van der Waals surface area contributed by atoms with E-state index in [0.29, 0.717) is 37.2 Å². The van der Waals surface area contributed by atoms with Gasteiger partial charge in [0.25, 0.3) is 11.8 Å². The van der Waals surface area contributed by atoms with Gasteiger partial charge in [-0.05, 0) is 43.2 Å². The number of rotatable bonds is 8. The molecule has 0 radical (unpaired) electrons. The number of likely N-dealkylation sites (N-methyl/N-ethyl adjacent to an activating group) is 1. The lowest BCUT2D eigenvalue weighted by Crippen LogP contribution is -2.47. The first-order valence-electron chi connectivity index (χ1n) is 12.1. The van der Waals surface area contributed by atoms with Crippen LogP contribution >= 0.6 is 0 Å². The second kappa shape index (κ2) is 10.7. The Morgan fingerprint density at radius 2 is 1.63 bits per heavy atom. The molecule has 0 unspecified atom stereocenters. The van der Waals surface area contributed by atoms with Crippen LogP contribution in [-0.4, -0.2) is 87.1 Å². The fourth-order valence-corrected chi connectivity index (χ4v) is 4.74. The van der Waals surface area contributed by atoms with Gasteiger partial charge in [-0.25, -0.2) is 4.79 Å². The van der Waals surface area contributed by atoms with Gasteiger partial charge in [-0.1, -0.05) is 18.2 Å². The second-order valence-electron chi connectivity index (χ2n) is 9.16. The number of amides is 4. The van der Waals surface area contributed by atoms with E-state index in [0.717, 1.165) is 38.4 Å². The van der Waals surface area contributed by atoms with Crippen LogP contribution in [0.1, 0.15) is 32.7 Å². The van der Waals surface area contributed by atoms with Crippen LogP contribution in [0, 0.1) is 6.92 Å². The van der Waals surface area contributed by atoms with Gasteiger partial charge in [-0.3, -0.25) is 9.59 Å². The predicted molar refractivity (Wildman–Crippen MR) is 137 cm³/mol. The number of carbonyl (C=O) groups excluding carboxylic acids is 3. The molecule has 2 fully saturated rings. The third-order valence-electron chi connectivity index (χ3n) is 6.79. The first-order valence-corrected chi connectivity index (χ1v) is 12.1. The zero-order valence-corrected chi connectivity index (χ0v) is 20.5. The normalized spacial score (nSPS) is 16.1. The van der Waals surface area contributed by atoms with Gasteiger partial charge in [0.05, 0.1) is 5.56 Å². The number of para-hydroxylation sites is 1. The van der Waals surface area contributed by atoms with Gasteiger partial charge in [0.15, 0.2) is 0 Å². The summed E-state index contributed by atoms with van der Waals surface area (Å²) in [4.78, 5) is 44.8. The van der Waals surface area contributed by atoms with Crippen LogP contribution in [0.4, 0.5) is 16.2 Å². The summed E-state index contributed by atoms with van der Waals surface area (Å²) < 4.78 is 0. The molecule has 186 valence electrons. The lowest BCUT2D eigenvalue weighted by atomic mass is 10.1. The minimum Gasteiger partial charge on any atom is -0.368 e. The molecule has 0 aromatic heterocycles. The number of nitrogens with two attached hydrogens (primary N) is 1. The summed E-state index contributed by atoms with van der Waals surface area (Å²) in [5, 5.41) is 2.88. The number of nitrogens with zero attached hydrogens (tertiary/aromatic N) is 4. The fourth-order valence-electron chi connectivity index (χ4n) is 4.74. The number of primary amides is 1. The Hall–Kier alpha value is -3.75. The first kappa shape index (κ1) is 24.4. The molecular weight excluding hydrogens is 444 g/mol. The van der Waals surface area contributed by atoms with Crippen LogP contribution in [-0.2, 0) is 0 Å². The Balaban J connectivity index is 1.34. The molecular formula is C26H34N6O3. The average molecular weight is 479 g/mol. The van der Waals surface area contributed by atoms with E-state index in [1.54, 1.807) is 29.0 Å². The molecule has 0 bridgehead atoms. The summed E-state index contributed by atoms with van der Waals surface area (Å²) in [6, 6.07) is 13.5. The maximum absolute atomic E-state index is 12.7. The molecule has 2 saturated heterocycles. The van der Waals surface area contributed by atoms with Crippen LogP contribution in [0.2, 0.25) is 0 Å². The highest BCUT2D eigenvalue weighted by molar-refractivity contribution is 6.03. The quantitative estimate of drug-likeness (QED) is 0.565. The van der Waals surface area contributed by atoms with Gasteiger partial charge < -0.3 is 30.7 Å². The van der Waals surface area contributed by atoms with Crippen molar-refractivity contribution >= 4 is 29.2 Å². The van der Waals surface area contributed by atoms with Crippen LogP contribution in [0.5, 0.6) is 0 Å². The van der Waals surface area contributed by atoms with E-state index in [1.165, 1.54) is 11.3 Å². The third kappa shape index (κ3) is 5.50. The van der Waals surface area contributed by atoms with Gasteiger partial charge in [-0.2, -0.15) is 0 Å². The molecule has 3 N–H and O–H groups in total. The van der Waals surface area contributed by atoms with Gasteiger partial charge in [-0.15, -0.1) is 0 Å². The minimum atomic E-state index is -0.548. The fraction of sp³-hybridized carbons (Fsp3) is 0.423. The van der Waals surface area contributed by atoms with Crippen molar-refractivity contribution in [1.29, 1.82) is 0 Å². The topological polar surface area (TPSA) is 102 Å². The summed E-state index contributed by atoms with van der Waals surface area (Å²) in [5.74, 6) is -0.805. The highest BCUT2D eigenvalue weighted by Gasteiger charge is 2.25. The monoisotopic (exact) mass is 478 g/mol. The number of hydrogen-bond acceptors (Lipinski definition) is 5. The molecule has 2 aromatic rings. The molecule has 4 amide bonds. The van der Waals surface area contributed by atoms with Crippen LogP contribution < -0.4 is 20.9 Å². The molecule has 9 nitrogen and oxygen atoms in total. The van der Waals surface area contributed by atoms with Crippen LogP contribution in [0.15, 0.2) is 42.5 Å². The van der Waals surface area contributed by atoms with E-state index in [2.05, 4.69) is 34.2 Å². The van der Waals surface area contributed by atoms with E-state index >= 15 is 0 Å². The SMILES string of the molecule is Cc1ccccc1N1CCN(c2ccc(C(=O)NCCCN3CCN(C)C3=O)cc2C(N)=O)CC1. The third-order valence-corrected chi connectivity index (χ3v) is 6.79. The molecule has 2 aromatic carbocycles. The number of aryl methyl sites for hydroxylation is 1. The van der Waals surface area contributed by atoms with Crippen molar-refractivity contribution in [2.24, 2.45) is 5.73 Å². The van der Waals surface area contributed by atoms with Crippen molar-refractivity contribution in [2.75, 3.05) is 69.2 Å². The van der Waals surface area contributed by atoms with Crippen molar-refractivity contribution in [2.45, 2.75) is 13.3 Å². The zero-order chi connectivity index (χ0) is 24.9. The van der Waals surface area contributed by atoms with E-state index in [4.69, 9.17) is 5.73 Å². The maximum atomic E-state index is 12.7. The molecule has 9 heteroatoms. The summed E-state index contributed by atoms with van der Waals surface area (Å²) >= 11 is 0. The molecule has 2 aliphatic rings. The Morgan fingerprint density at radius 3 is 2.26 bits per heavy atom. The second-order valence-corrected chi connectivity index (χ2v) is 9.16. The highest BCUT2D eigenvalue weighted by atomic mass is 16.2. The van der Waals surface area contributed by atoms with E-state index in [1.807, 2.05) is 18.2 Å². The number of piperazine rings is 1. The van der Waals surface area contributed by atoms with Crippen LogP contribution in [0.3, 0.4) is 0 Å². The minimum absolute atomic E-state index is 0.0257. The average Bonchev–Trinajstić information content (AvgIpc) is 3.19. The van der Waals surface area contributed by atoms with Crippen LogP contribution in [0.25, 0.3) is 0 Å². The number of carbonyl (C=O) groups is 3. The molecule has 0 atom stereocenters. The van der Waals surface area contributed by atoms with Gasteiger partial charge in [0, 0.05) is 76.3 Å². The predicted octanol–water partition coefficient (Wildman–Crippen LogP) is 1.91. The Morgan fingerprint density at radius 1 is 0.943 bits per heavy atom. The van der Waals surface area contributed by atoms with Gasteiger partial charge in [0.2, 0.25) is 0 Å². The summed E-state index contributed by atoms with van der Waals surface area (Å²) in [5.41, 5.74) is 9.69. The molecule has 0 aliphatic carbocycles. The van der Waals surface area contributed by atoms with Crippen molar-refractivity contribution < 1.29 is 14.4 Å². The standard InChI is InChI=1S/C26H34N6O3/c1-19-6-3-4-7-22(19)30-14-16-31(17-15-30)23-9-8-20(18-21(23)24(27)33)25(34)28-10-5-11-32-13-12-29(2)26(32)35/h3-4,6-9,18H,5,10-17H2,1-2H3,(H2,27,33)(H,28,34). The van der Waals surface area contributed by atoms with Crippen molar-refractivity contribution in [1.82, 2.24) is 15.1 Å². The number of urea groups is 1. The summed E-state index contributed by atoms with van der Waals surface area (Å²) in [6.45, 7) is 7.78. The highest BCUT2D eigenvalue weighted by Crippen LogP contribution is 2.26. The summed E-state index contributed by atoms with van der Waals surface area (Å²) in [7, 11) is 1.79. The van der Waals surface area contributed by atoms with E-state index < -0.39 is 5.91 Å². The Kier molecular flexibility index (Phi) is 7.43. The van der Waals surface area contributed by atoms with Gasteiger partial charge in [0.1, 0.15) is 0 Å². The number of nitrogens with one attached hydrogen (secondary N) is 1. The maximum Gasteiger partial charge on any atom is 0.319 e. The summed E-state index contributed by atoms with van der Waals surface area (Å²) in [6.07, 6.45) is 0.664. The van der Waals surface area contributed by atoms with Crippen molar-refractivity contribution in [3.63, 3.8) is 0 Å². The molecule has 2 heterocycles.